The normalized spacial score (nSPS) is 12.6. The second-order valence-corrected chi connectivity index (χ2v) is 6.47. The fourth-order valence-electron chi connectivity index (χ4n) is 3.08. The molecule has 4 heteroatoms. The van der Waals surface area contributed by atoms with Crippen molar-refractivity contribution in [3.63, 3.8) is 0 Å². The SMILES string of the molecule is Cc1ccc(C)c(C(=O)COC(=O)COc2ccc3c(c2)CCC3)c1. The van der Waals surface area contributed by atoms with E-state index in [1.165, 1.54) is 17.5 Å². The van der Waals surface area contributed by atoms with E-state index in [4.69, 9.17) is 9.47 Å². The molecule has 0 unspecified atom stereocenters. The molecule has 1 aliphatic rings. The molecule has 0 atom stereocenters. The molecule has 2 aromatic rings. The lowest BCUT2D eigenvalue weighted by molar-refractivity contribution is -0.144. The maximum absolute atomic E-state index is 12.2. The minimum atomic E-state index is -0.542. The van der Waals surface area contributed by atoms with Gasteiger partial charge in [0.05, 0.1) is 0 Å². The Kier molecular flexibility index (Phi) is 5.17. The summed E-state index contributed by atoms with van der Waals surface area (Å²) < 4.78 is 10.5. The van der Waals surface area contributed by atoms with E-state index in [9.17, 15) is 9.59 Å². The number of hydrogen-bond donors (Lipinski definition) is 0. The second kappa shape index (κ2) is 7.51. The number of carbonyl (C=O) groups excluding carboxylic acids is 2. The second-order valence-electron chi connectivity index (χ2n) is 6.47. The zero-order valence-electron chi connectivity index (χ0n) is 14.6. The summed E-state index contributed by atoms with van der Waals surface area (Å²) in [4.78, 5) is 24.0. The topological polar surface area (TPSA) is 52.6 Å². The monoisotopic (exact) mass is 338 g/mol. The first-order valence-electron chi connectivity index (χ1n) is 8.53. The van der Waals surface area contributed by atoms with E-state index in [0.717, 1.165) is 24.0 Å². The number of carbonyl (C=O) groups is 2. The molecule has 0 spiro atoms. The lowest BCUT2D eigenvalue weighted by Gasteiger charge is -2.09. The lowest BCUT2D eigenvalue weighted by Crippen LogP contribution is -2.20. The molecular weight excluding hydrogens is 316 g/mol. The molecule has 4 nitrogen and oxygen atoms in total. The maximum atomic E-state index is 12.2. The number of ketones is 1. The van der Waals surface area contributed by atoms with Crippen molar-refractivity contribution in [2.75, 3.05) is 13.2 Å². The Morgan fingerprint density at radius 3 is 2.60 bits per heavy atom. The van der Waals surface area contributed by atoms with Crippen LogP contribution in [0.2, 0.25) is 0 Å². The van der Waals surface area contributed by atoms with E-state index in [1.807, 2.05) is 50.2 Å². The minimum absolute atomic E-state index is 0.196. The van der Waals surface area contributed by atoms with Crippen molar-refractivity contribution >= 4 is 11.8 Å². The van der Waals surface area contributed by atoms with Crippen LogP contribution in [0.25, 0.3) is 0 Å². The highest BCUT2D eigenvalue weighted by atomic mass is 16.6. The predicted octanol–water partition coefficient (Wildman–Crippen LogP) is 3.60. The molecule has 0 heterocycles. The predicted molar refractivity (Wildman–Crippen MR) is 95.2 cm³/mol. The Hall–Kier alpha value is -2.62. The molecule has 0 aromatic heterocycles. The fraction of sp³-hybridized carbons (Fsp3) is 0.333. The Morgan fingerprint density at radius 1 is 0.960 bits per heavy atom. The summed E-state index contributed by atoms with van der Waals surface area (Å²) in [6.07, 6.45) is 3.33. The summed E-state index contributed by atoms with van der Waals surface area (Å²) in [7, 11) is 0. The van der Waals surface area contributed by atoms with Crippen LogP contribution in [-0.2, 0) is 22.4 Å². The first-order chi connectivity index (χ1) is 12.0. The molecule has 0 fully saturated rings. The average molecular weight is 338 g/mol. The fourth-order valence-corrected chi connectivity index (χ4v) is 3.08. The van der Waals surface area contributed by atoms with E-state index in [2.05, 4.69) is 0 Å². The Bertz CT molecular complexity index is 808. The largest absolute Gasteiger partial charge is 0.482 e. The van der Waals surface area contributed by atoms with Crippen molar-refractivity contribution in [1.82, 2.24) is 0 Å². The molecule has 0 amide bonds. The van der Waals surface area contributed by atoms with Gasteiger partial charge in [-0.05, 0) is 68.0 Å². The van der Waals surface area contributed by atoms with Crippen molar-refractivity contribution in [3.05, 3.63) is 64.2 Å². The van der Waals surface area contributed by atoms with E-state index >= 15 is 0 Å². The summed E-state index contributed by atoms with van der Waals surface area (Å²) in [5, 5.41) is 0. The van der Waals surface area contributed by atoms with Gasteiger partial charge >= 0.3 is 5.97 Å². The van der Waals surface area contributed by atoms with Gasteiger partial charge in [0.25, 0.3) is 0 Å². The van der Waals surface area contributed by atoms with Gasteiger partial charge in [-0.1, -0.05) is 23.8 Å². The number of hydrogen-bond acceptors (Lipinski definition) is 4. The third-order valence-corrected chi connectivity index (χ3v) is 4.48. The van der Waals surface area contributed by atoms with Gasteiger partial charge in [0, 0.05) is 5.56 Å². The minimum Gasteiger partial charge on any atom is -0.482 e. The van der Waals surface area contributed by atoms with Crippen LogP contribution in [0.5, 0.6) is 5.75 Å². The van der Waals surface area contributed by atoms with Crippen LogP contribution in [0.4, 0.5) is 0 Å². The van der Waals surface area contributed by atoms with Crippen LogP contribution in [-0.4, -0.2) is 25.0 Å². The average Bonchev–Trinajstić information content (AvgIpc) is 3.07. The summed E-state index contributed by atoms with van der Waals surface area (Å²) in [5.74, 6) is -0.0790. The van der Waals surface area contributed by atoms with Gasteiger partial charge in [0.2, 0.25) is 5.78 Å². The molecular formula is C21H22O4. The third-order valence-electron chi connectivity index (χ3n) is 4.48. The number of aryl methyl sites for hydroxylation is 4. The smallest absolute Gasteiger partial charge is 0.344 e. The molecule has 3 rings (SSSR count). The highest BCUT2D eigenvalue weighted by Gasteiger charge is 2.14. The number of Topliss-reactive ketones (excluding diaryl/α,β-unsaturated/α-hetero) is 1. The number of ether oxygens (including phenoxy) is 2. The Morgan fingerprint density at radius 2 is 1.76 bits per heavy atom. The lowest BCUT2D eigenvalue weighted by atomic mass is 10.0. The molecule has 1 aliphatic carbocycles. The molecule has 0 saturated heterocycles. The highest BCUT2D eigenvalue weighted by Crippen LogP contribution is 2.26. The van der Waals surface area contributed by atoms with Gasteiger partial charge < -0.3 is 9.47 Å². The van der Waals surface area contributed by atoms with Gasteiger partial charge in [-0.3, -0.25) is 4.79 Å². The van der Waals surface area contributed by atoms with Crippen molar-refractivity contribution in [3.8, 4) is 5.75 Å². The summed E-state index contributed by atoms with van der Waals surface area (Å²) >= 11 is 0. The maximum Gasteiger partial charge on any atom is 0.344 e. The zero-order chi connectivity index (χ0) is 17.8. The van der Waals surface area contributed by atoms with Gasteiger partial charge in [-0.15, -0.1) is 0 Å². The van der Waals surface area contributed by atoms with Crippen molar-refractivity contribution in [2.24, 2.45) is 0 Å². The Labute approximate surface area is 147 Å². The third kappa shape index (κ3) is 4.27. The first-order valence-corrected chi connectivity index (χ1v) is 8.53. The highest BCUT2D eigenvalue weighted by molar-refractivity contribution is 5.99. The van der Waals surface area contributed by atoms with Crippen LogP contribution >= 0.6 is 0 Å². The van der Waals surface area contributed by atoms with Crippen molar-refractivity contribution in [2.45, 2.75) is 33.1 Å². The molecule has 130 valence electrons. The zero-order valence-corrected chi connectivity index (χ0v) is 14.6. The van der Waals surface area contributed by atoms with Crippen molar-refractivity contribution < 1.29 is 19.1 Å². The van der Waals surface area contributed by atoms with Gasteiger partial charge in [0.1, 0.15) is 5.75 Å². The standard InChI is InChI=1S/C21H22O4/c1-14-6-7-15(2)19(10-14)20(22)12-25-21(23)13-24-18-9-8-16-4-3-5-17(16)11-18/h6-11H,3-5,12-13H2,1-2H3. The number of esters is 1. The Balaban J connectivity index is 1.49. The molecule has 25 heavy (non-hydrogen) atoms. The van der Waals surface area contributed by atoms with Gasteiger partial charge in [-0.25, -0.2) is 4.79 Å². The van der Waals surface area contributed by atoms with Crippen LogP contribution in [0.1, 0.15) is 39.0 Å². The first kappa shape index (κ1) is 17.2. The summed E-state index contributed by atoms with van der Waals surface area (Å²) in [6.45, 7) is 3.33. The molecule has 0 radical (unpaired) electrons. The number of rotatable bonds is 6. The molecule has 0 aliphatic heterocycles. The van der Waals surface area contributed by atoms with Crippen LogP contribution < -0.4 is 4.74 Å². The van der Waals surface area contributed by atoms with Crippen LogP contribution in [0, 0.1) is 13.8 Å². The van der Waals surface area contributed by atoms with Gasteiger partial charge in [-0.2, -0.15) is 0 Å². The summed E-state index contributed by atoms with van der Waals surface area (Å²) in [6, 6.07) is 11.6. The molecule has 0 N–H and O–H groups in total. The van der Waals surface area contributed by atoms with Crippen LogP contribution in [0.3, 0.4) is 0 Å². The molecule has 0 saturated carbocycles. The number of fused-ring (bicyclic) bond motifs is 1. The van der Waals surface area contributed by atoms with Crippen molar-refractivity contribution in [1.29, 1.82) is 0 Å². The van der Waals surface area contributed by atoms with Crippen LogP contribution in [0.15, 0.2) is 36.4 Å². The summed E-state index contributed by atoms with van der Waals surface area (Å²) in [5.41, 5.74) is 5.11. The van der Waals surface area contributed by atoms with Gasteiger partial charge in [0.15, 0.2) is 13.2 Å². The van der Waals surface area contributed by atoms with E-state index in [1.54, 1.807) is 0 Å². The molecule has 0 bridgehead atoms. The van der Waals surface area contributed by atoms with E-state index < -0.39 is 5.97 Å². The van der Waals surface area contributed by atoms with E-state index in [0.29, 0.717) is 11.3 Å². The molecule has 2 aromatic carbocycles. The van der Waals surface area contributed by atoms with E-state index in [-0.39, 0.29) is 19.0 Å². The quantitative estimate of drug-likeness (QED) is 0.596. The number of benzene rings is 2.